The molecule has 0 fully saturated rings. The highest BCUT2D eigenvalue weighted by atomic mass is 79.9. The summed E-state index contributed by atoms with van der Waals surface area (Å²) in [5, 5.41) is 5.93. The van der Waals surface area contributed by atoms with Crippen LogP contribution in [0.2, 0.25) is 0 Å². The number of hydrogen-bond donors (Lipinski definition) is 2. The Morgan fingerprint density at radius 2 is 2.19 bits per heavy atom. The number of rotatable bonds is 5. The highest BCUT2D eigenvalue weighted by Crippen LogP contribution is 2.10. The van der Waals surface area contributed by atoms with Gasteiger partial charge in [0.05, 0.1) is 6.54 Å². The number of nitrogens with one attached hydrogen (secondary N) is 2. The van der Waals surface area contributed by atoms with Crippen molar-refractivity contribution in [3.05, 3.63) is 34.3 Å². The van der Waals surface area contributed by atoms with Crippen LogP contribution in [0.5, 0.6) is 0 Å². The monoisotopic (exact) mass is 284 g/mol. The molecule has 3 nitrogen and oxygen atoms in total. The molecule has 0 heterocycles. The quantitative estimate of drug-likeness (QED) is 0.869. The average molecular weight is 285 g/mol. The molecule has 0 spiro atoms. The molecule has 0 aromatic heterocycles. The molecule has 0 atom stereocenters. The maximum atomic E-state index is 11.3. The van der Waals surface area contributed by atoms with Crippen molar-refractivity contribution in [3.63, 3.8) is 0 Å². The first-order valence-electron chi connectivity index (χ1n) is 5.32. The predicted octanol–water partition coefficient (Wildman–Crippen LogP) is 2.06. The SMILES string of the molecule is CC(C)NC(=O)CNCc1cccc(Br)c1. The van der Waals surface area contributed by atoms with Crippen LogP contribution in [0.1, 0.15) is 19.4 Å². The fourth-order valence-corrected chi connectivity index (χ4v) is 1.79. The maximum absolute atomic E-state index is 11.3. The molecule has 4 heteroatoms. The van der Waals surface area contributed by atoms with Gasteiger partial charge < -0.3 is 10.6 Å². The average Bonchev–Trinajstić information content (AvgIpc) is 2.16. The first kappa shape index (κ1) is 13.2. The lowest BCUT2D eigenvalue weighted by atomic mass is 10.2. The van der Waals surface area contributed by atoms with E-state index in [1.807, 2.05) is 38.1 Å². The topological polar surface area (TPSA) is 41.1 Å². The number of hydrogen-bond acceptors (Lipinski definition) is 2. The van der Waals surface area contributed by atoms with Gasteiger partial charge in [-0.15, -0.1) is 0 Å². The molecule has 88 valence electrons. The summed E-state index contributed by atoms with van der Waals surface area (Å²) in [6.45, 7) is 4.95. The van der Waals surface area contributed by atoms with E-state index in [-0.39, 0.29) is 11.9 Å². The summed E-state index contributed by atoms with van der Waals surface area (Å²) in [7, 11) is 0. The maximum Gasteiger partial charge on any atom is 0.234 e. The number of benzene rings is 1. The molecular weight excluding hydrogens is 268 g/mol. The highest BCUT2D eigenvalue weighted by Gasteiger charge is 2.02. The van der Waals surface area contributed by atoms with Crippen LogP contribution in [0, 0.1) is 0 Å². The fraction of sp³-hybridized carbons (Fsp3) is 0.417. The number of carbonyl (C=O) groups excluding carboxylic acids is 1. The van der Waals surface area contributed by atoms with E-state index in [0.717, 1.165) is 10.0 Å². The van der Waals surface area contributed by atoms with Crippen molar-refractivity contribution in [1.82, 2.24) is 10.6 Å². The summed E-state index contributed by atoms with van der Waals surface area (Å²) >= 11 is 3.41. The second-order valence-corrected chi connectivity index (χ2v) is 4.87. The first-order valence-corrected chi connectivity index (χ1v) is 6.12. The number of amides is 1. The highest BCUT2D eigenvalue weighted by molar-refractivity contribution is 9.10. The molecule has 1 rings (SSSR count). The van der Waals surface area contributed by atoms with Gasteiger partial charge in [0.25, 0.3) is 0 Å². The second kappa shape index (κ2) is 6.66. The molecule has 1 amide bonds. The normalized spacial score (nSPS) is 10.5. The van der Waals surface area contributed by atoms with E-state index in [0.29, 0.717) is 13.1 Å². The van der Waals surface area contributed by atoms with E-state index in [2.05, 4.69) is 26.6 Å². The van der Waals surface area contributed by atoms with Gasteiger partial charge in [-0.2, -0.15) is 0 Å². The van der Waals surface area contributed by atoms with Crippen LogP contribution in [0.4, 0.5) is 0 Å². The van der Waals surface area contributed by atoms with Crippen LogP contribution < -0.4 is 10.6 Å². The Morgan fingerprint density at radius 1 is 1.44 bits per heavy atom. The van der Waals surface area contributed by atoms with E-state index in [1.165, 1.54) is 0 Å². The predicted molar refractivity (Wildman–Crippen MR) is 69.1 cm³/mol. The number of carbonyl (C=O) groups is 1. The third-order valence-corrected chi connectivity index (χ3v) is 2.45. The van der Waals surface area contributed by atoms with Crippen molar-refractivity contribution in [2.75, 3.05) is 6.54 Å². The Morgan fingerprint density at radius 3 is 2.81 bits per heavy atom. The van der Waals surface area contributed by atoms with Crippen molar-refractivity contribution in [2.24, 2.45) is 0 Å². The van der Waals surface area contributed by atoms with Crippen molar-refractivity contribution in [1.29, 1.82) is 0 Å². The molecular formula is C12H17BrN2O. The van der Waals surface area contributed by atoms with Crippen molar-refractivity contribution in [2.45, 2.75) is 26.4 Å². The molecule has 0 saturated heterocycles. The Kier molecular flexibility index (Phi) is 5.49. The van der Waals surface area contributed by atoms with Gasteiger partial charge in [-0.1, -0.05) is 28.1 Å². The van der Waals surface area contributed by atoms with Crippen LogP contribution in [0.15, 0.2) is 28.7 Å². The van der Waals surface area contributed by atoms with E-state index in [9.17, 15) is 4.79 Å². The van der Waals surface area contributed by atoms with Crippen molar-refractivity contribution in [3.8, 4) is 0 Å². The lowest BCUT2D eigenvalue weighted by Crippen LogP contribution is -2.37. The van der Waals surface area contributed by atoms with Crippen LogP contribution in [0.3, 0.4) is 0 Å². The number of halogens is 1. The second-order valence-electron chi connectivity index (χ2n) is 3.96. The smallest absolute Gasteiger partial charge is 0.234 e. The summed E-state index contributed by atoms with van der Waals surface area (Å²) in [4.78, 5) is 11.3. The lowest BCUT2D eigenvalue weighted by molar-refractivity contribution is -0.120. The molecule has 0 radical (unpaired) electrons. The molecule has 0 aliphatic rings. The minimum absolute atomic E-state index is 0.0324. The summed E-state index contributed by atoms with van der Waals surface area (Å²) in [6, 6.07) is 8.22. The van der Waals surface area contributed by atoms with Crippen LogP contribution in [0.25, 0.3) is 0 Å². The van der Waals surface area contributed by atoms with Gasteiger partial charge in [0.15, 0.2) is 0 Å². The van der Waals surface area contributed by atoms with E-state index in [4.69, 9.17) is 0 Å². The molecule has 0 unspecified atom stereocenters. The molecule has 16 heavy (non-hydrogen) atoms. The van der Waals surface area contributed by atoms with Gasteiger partial charge >= 0.3 is 0 Å². The van der Waals surface area contributed by atoms with E-state index >= 15 is 0 Å². The molecule has 2 N–H and O–H groups in total. The zero-order valence-corrected chi connectivity index (χ0v) is 11.2. The van der Waals surface area contributed by atoms with Gasteiger partial charge in [0.1, 0.15) is 0 Å². The summed E-state index contributed by atoms with van der Waals surface area (Å²) < 4.78 is 1.05. The van der Waals surface area contributed by atoms with Gasteiger partial charge in [0, 0.05) is 17.1 Å². The molecule has 1 aromatic carbocycles. The Labute approximate surface area is 105 Å². The Bertz CT molecular complexity index is 353. The van der Waals surface area contributed by atoms with Gasteiger partial charge in [-0.05, 0) is 31.5 Å². The van der Waals surface area contributed by atoms with Gasteiger partial charge in [0.2, 0.25) is 5.91 Å². The Balaban J connectivity index is 2.28. The minimum atomic E-state index is 0.0324. The summed E-state index contributed by atoms with van der Waals surface area (Å²) in [6.07, 6.45) is 0. The lowest BCUT2D eigenvalue weighted by Gasteiger charge is -2.09. The molecule has 1 aromatic rings. The summed E-state index contributed by atoms with van der Waals surface area (Å²) in [5.41, 5.74) is 1.16. The van der Waals surface area contributed by atoms with Crippen LogP contribution in [-0.4, -0.2) is 18.5 Å². The molecule has 0 bridgehead atoms. The van der Waals surface area contributed by atoms with E-state index < -0.39 is 0 Å². The van der Waals surface area contributed by atoms with Gasteiger partial charge in [-0.25, -0.2) is 0 Å². The fourth-order valence-electron chi connectivity index (χ4n) is 1.34. The van der Waals surface area contributed by atoms with Crippen molar-refractivity contribution < 1.29 is 4.79 Å². The third-order valence-electron chi connectivity index (χ3n) is 1.95. The van der Waals surface area contributed by atoms with Gasteiger partial charge in [-0.3, -0.25) is 4.79 Å². The standard InChI is InChI=1S/C12H17BrN2O/c1-9(2)15-12(16)8-14-7-10-4-3-5-11(13)6-10/h3-6,9,14H,7-8H2,1-2H3,(H,15,16). The molecule has 0 saturated carbocycles. The zero-order chi connectivity index (χ0) is 12.0. The Hall–Kier alpha value is -0.870. The van der Waals surface area contributed by atoms with Crippen LogP contribution >= 0.6 is 15.9 Å². The van der Waals surface area contributed by atoms with Crippen molar-refractivity contribution >= 4 is 21.8 Å². The van der Waals surface area contributed by atoms with E-state index in [1.54, 1.807) is 0 Å². The summed E-state index contributed by atoms with van der Waals surface area (Å²) in [5.74, 6) is 0.0324. The largest absolute Gasteiger partial charge is 0.353 e. The minimum Gasteiger partial charge on any atom is -0.353 e. The molecule has 0 aliphatic carbocycles. The molecule has 0 aliphatic heterocycles. The third kappa shape index (κ3) is 5.28. The van der Waals surface area contributed by atoms with Crippen LogP contribution in [-0.2, 0) is 11.3 Å². The zero-order valence-electron chi connectivity index (χ0n) is 9.59. The first-order chi connectivity index (χ1) is 7.58.